The van der Waals surface area contributed by atoms with Crippen LogP contribution in [-0.2, 0) is 6.54 Å². The second kappa shape index (κ2) is 9.30. The van der Waals surface area contributed by atoms with Gasteiger partial charge in [-0.1, -0.05) is 30.5 Å². The molecule has 4 rings (SSSR count). The Bertz CT molecular complexity index is 1090. The number of thiophene rings is 1. The molecule has 1 fully saturated rings. The standard InChI is InChI=1S/C22H27N7OS/c1-13-8-9-16-15(11-13)19(27-17-6-2-3-7-18(17)28-22(23)24)29-20(26-16)21(30)25-12-14-5-4-10-31-14/h4-5,8-11,17-18H,2-3,6-7,12H2,1H3,(H,25,30)(H4,23,24,28)(H,26,27,29). The molecule has 2 heterocycles. The van der Waals surface area contributed by atoms with E-state index in [4.69, 9.17) is 11.5 Å². The van der Waals surface area contributed by atoms with Crippen molar-refractivity contribution < 1.29 is 4.79 Å². The summed E-state index contributed by atoms with van der Waals surface area (Å²) in [7, 11) is 0. The number of nitrogens with zero attached hydrogens (tertiary/aromatic N) is 3. The molecular weight excluding hydrogens is 410 g/mol. The molecule has 0 saturated heterocycles. The molecule has 2 atom stereocenters. The molecule has 1 aliphatic carbocycles. The second-order valence-electron chi connectivity index (χ2n) is 7.84. The number of hydrogen-bond acceptors (Lipinski definition) is 6. The summed E-state index contributed by atoms with van der Waals surface area (Å²) in [6, 6.07) is 9.89. The molecule has 0 radical (unpaired) electrons. The average molecular weight is 438 g/mol. The zero-order chi connectivity index (χ0) is 21.8. The molecule has 1 aromatic carbocycles. The molecule has 1 saturated carbocycles. The van der Waals surface area contributed by atoms with Crippen molar-refractivity contribution in [1.29, 1.82) is 0 Å². The van der Waals surface area contributed by atoms with E-state index in [9.17, 15) is 4.79 Å². The minimum absolute atomic E-state index is 0.0234. The van der Waals surface area contributed by atoms with Gasteiger partial charge < -0.3 is 22.1 Å². The van der Waals surface area contributed by atoms with Crippen molar-refractivity contribution in [1.82, 2.24) is 15.3 Å². The molecule has 3 aromatic rings. The minimum atomic E-state index is -0.302. The number of rotatable bonds is 6. The highest BCUT2D eigenvalue weighted by Crippen LogP contribution is 2.28. The number of benzene rings is 1. The second-order valence-corrected chi connectivity index (χ2v) is 8.87. The topological polar surface area (TPSA) is 131 Å². The Morgan fingerprint density at radius 2 is 2.06 bits per heavy atom. The van der Waals surface area contributed by atoms with Crippen LogP contribution < -0.4 is 22.1 Å². The van der Waals surface area contributed by atoms with Crippen LogP contribution in [0.4, 0.5) is 5.82 Å². The monoisotopic (exact) mass is 437 g/mol. The number of nitrogens with one attached hydrogen (secondary N) is 2. The Morgan fingerprint density at radius 1 is 1.23 bits per heavy atom. The van der Waals surface area contributed by atoms with Gasteiger partial charge in [0.15, 0.2) is 5.96 Å². The minimum Gasteiger partial charge on any atom is -0.370 e. The van der Waals surface area contributed by atoms with Gasteiger partial charge in [-0.2, -0.15) is 0 Å². The maximum atomic E-state index is 12.8. The molecule has 8 nitrogen and oxygen atoms in total. The predicted molar refractivity (Wildman–Crippen MR) is 125 cm³/mol. The van der Waals surface area contributed by atoms with E-state index in [2.05, 4.69) is 25.6 Å². The molecule has 0 spiro atoms. The van der Waals surface area contributed by atoms with Gasteiger partial charge in [-0.25, -0.2) is 15.0 Å². The number of guanidine groups is 1. The van der Waals surface area contributed by atoms with E-state index in [1.54, 1.807) is 11.3 Å². The van der Waals surface area contributed by atoms with Crippen molar-refractivity contribution in [3.8, 4) is 0 Å². The van der Waals surface area contributed by atoms with E-state index in [1.807, 2.05) is 42.6 Å². The molecule has 2 aromatic heterocycles. The number of carbonyl (C=O) groups is 1. The zero-order valence-electron chi connectivity index (χ0n) is 17.5. The van der Waals surface area contributed by atoms with Crippen molar-refractivity contribution in [3.05, 3.63) is 52.0 Å². The maximum Gasteiger partial charge on any atom is 0.289 e. The fourth-order valence-corrected chi connectivity index (χ4v) is 4.56. The largest absolute Gasteiger partial charge is 0.370 e. The summed E-state index contributed by atoms with van der Waals surface area (Å²) in [5.74, 6) is 0.571. The highest BCUT2D eigenvalue weighted by molar-refractivity contribution is 7.09. The van der Waals surface area contributed by atoms with Crippen LogP contribution in [0.3, 0.4) is 0 Å². The van der Waals surface area contributed by atoms with Gasteiger partial charge in [-0.3, -0.25) is 4.79 Å². The first kappa shape index (κ1) is 21.0. The van der Waals surface area contributed by atoms with Crippen LogP contribution in [-0.4, -0.2) is 33.9 Å². The van der Waals surface area contributed by atoms with Gasteiger partial charge in [-0.15, -0.1) is 11.3 Å². The summed E-state index contributed by atoms with van der Waals surface area (Å²) in [5.41, 5.74) is 13.1. The molecule has 31 heavy (non-hydrogen) atoms. The lowest BCUT2D eigenvalue weighted by molar-refractivity contribution is 0.0941. The zero-order valence-corrected chi connectivity index (χ0v) is 18.3. The van der Waals surface area contributed by atoms with E-state index in [0.717, 1.165) is 47.0 Å². The number of carbonyl (C=O) groups excluding carboxylic acids is 1. The van der Waals surface area contributed by atoms with Gasteiger partial charge >= 0.3 is 0 Å². The number of aromatic nitrogens is 2. The molecule has 1 amide bonds. The molecule has 6 N–H and O–H groups in total. The van der Waals surface area contributed by atoms with Gasteiger partial charge in [0.05, 0.1) is 24.1 Å². The van der Waals surface area contributed by atoms with Gasteiger partial charge in [0.25, 0.3) is 5.91 Å². The molecule has 0 bridgehead atoms. The van der Waals surface area contributed by atoms with Crippen molar-refractivity contribution in [2.24, 2.45) is 16.5 Å². The van der Waals surface area contributed by atoms with Crippen LogP contribution in [0.5, 0.6) is 0 Å². The van der Waals surface area contributed by atoms with E-state index in [1.165, 1.54) is 0 Å². The lowest BCUT2D eigenvalue weighted by Crippen LogP contribution is -2.38. The number of nitrogens with two attached hydrogens (primary N) is 2. The number of hydrogen-bond donors (Lipinski definition) is 4. The summed E-state index contributed by atoms with van der Waals surface area (Å²) in [6.07, 6.45) is 4.01. The highest BCUT2D eigenvalue weighted by atomic mass is 32.1. The van der Waals surface area contributed by atoms with Gasteiger partial charge in [0.1, 0.15) is 5.82 Å². The summed E-state index contributed by atoms with van der Waals surface area (Å²) in [4.78, 5) is 27.4. The van der Waals surface area contributed by atoms with Crippen molar-refractivity contribution in [2.75, 3.05) is 5.32 Å². The van der Waals surface area contributed by atoms with Gasteiger partial charge in [0.2, 0.25) is 5.82 Å². The molecule has 2 unspecified atom stereocenters. The first-order valence-corrected chi connectivity index (χ1v) is 11.3. The van der Waals surface area contributed by atoms with Crippen LogP contribution in [0.25, 0.3) is 10.9 Å². The van der Waals surface area contributed by atoms with Gasteiger partial charge in [-0.05, 0) is 43.3 Å². The Balaban J connectivity index is 1.64. The molecule has 9 heteroatoms. The van der Waals surface area contributed by atoms with E-state index < -0.39 is 0 Å². The normalized spacial score (nSPS) is 18.5. The molecule has 0 aliphatic heterocycles. The number of aliphatic imine (C=N–C) groups is 1. The molecule has 162 valence electrons. The van der Waals surface area contributed by atoms with Crippen LogP contribution in [0.1, 0.15) is 46.7 Å². The lowest BCUT2D eigenvalue weighted by Gasteiger charge is -2.30. The average Bonchev–Trinajstić information content (AvgIpc) is 3.27. The van der Waals surface area contributed by atoms with E-state index >= 15 is 0 Å². The highest BCUT2D eigenvalue weighted by Gasteiger charge is 2.26. The van der Waals surface area contributed by atoms with E-state index in [0.29, 0.717) is 12.4 Å². The summed E-state index contributed by atoms with van der Waals surface area (Å²) < 4.78 is 0. The van der Waals surface area contributed by atoms with Crippen molar-refractivity contribution in [3.63, 3.8) is 0 Å². The van der Waals surface area contributed by atoms with Crippen LogP contribution >= 0.6 is 11.3 Å². The number of anilines is 1. The SMILES string of the molecule is Cc1ccc2nc(C(=O)NCc3cccs3)nc(NC3CCCCC3N=C(N)N)c2c1. The summed E-state index contributed by atoms with van der Waals surface area (Å²) >= 11 is 1.59. The quantitative estimate of drug-likeness (QED) is 0.346. The third-order valence-corrected chi connectivity index (χ3v) is 6.30. The Labute approximate surface area is 185 Å². The van der Waals surface area contributed by atoms with Crippen LogP contribution in [0, 0.1) is 6.92 Å². The first-order valence-electron chi connectivity index (χ1n) is 10.4. The lowest BCUT2D eigenvalue weighted by atomic mass is 9.90. The Morgan fingerprint density at radius 3 is 2.84 bits per heavy atom. The van der Waals surface area contributed by atoms with E-state index in [-0.39, 0.29) is 29.8 Å². The number of aryl methyl sites for hydroxylation is 1. The van der Waals surface area contributed by atoms with Crippen LogP contribution in [0.2, 0.25) is 0 Å². The maximum absolute atomic E-state index is 12.8. The molecule has 1 aliphatic rings. The van der Waals surface area contributed by atoms with Crippen molar-refractivity contribution >= 4 is 39.9 Å². The fourth-order valence-electron chi connectivity index (χ4n) is 3.91. The third-order valence-electron chi connectivity index (χ3n) is 5.42. The number of amides is 1. The van der Waals surface area contributed by atoms with Gasteiger partial charge in [0, 0.05) is 10.3 Å². The van der Waals surface area contributed by atoms with Crippen LogP contribution in [0.15, 0.2) is 40.7 Å². The van der Waals surface area contributed by atoms with Crippen molar-refractivity contribution in [2.45, 2.75) is 51.2 Å². The fraction of sp³-hybridized carbons (Fsp3) is 0.364. The smallest absolute Gasteiger partial charge is 0.289 e. The molecular formula is C22H27N7OS. The Hall–Kier alpha value is -3.20. The third kappa shape index (κ3) is 5.11. The Kier molecular flexibility index (Phi) is 6.31. The summed E-state index contributed by atoms with van der Waals surface area (Å²) in [6.45, 7) is 2.47. The summed E-state index contributed by atoms with van der Waals surface area (Å²) in [5, 5.41) is 9.29. The number of fused-ring (bicyclic) bond motifs is 1. The predicted octanol–water partition coefficient (Wildman–Crippen LogP) is 2.93. The first-order chi connectivity index (χ1) is 15.0.